The minimum atomic E-state index is -0.219. The number of halogens is 2. The van der Waals surface area contributed by atoms with Gasteiger partial charge < -0.3 is 5.11 Å². The highest BCUT2D eigenvalue weighted by atomic mass is 79.9. The van der Waals surface area contributed by atoms with Crippen molar-refractivity contribution in [3.8, 4) is 0 Å². The van der Waals surface area contributed by atoms with Gasteiger partial charge in [0.05, 0.1) is 6.10 Å². The zero-order chi connectivity index (χ0) is 11.5. The fourth-order valence-corrected chi connectivity index (χ4v) is 2.82. The van der Waals surface area contributed by atoms with Crippen LogP contribution < -0.4 is 0 Å². The van der Waals surface area contributed by atoms with E-state index in [4.69, 9.17) is 0 Å². The van der Waals surface area contributed by atoms with Crippen molar-refractivity contribution in [1.82, 2.24) is 0 Å². The maximum atomic E-state index is 13.1. The van der Waals surface area contributed by atoms with Crippen molar-refractivity contribution in [1.29, 1.82) is 0 Å². The first-order chi connectivity index (χ1) is 7.66. The second-order valence-corrected chi connectivity index (χ2v) is 5.41. The van der Waals surface area contributed by atoms with E-state index in [1.54, 1.807) is 12.1 Å². The minimum Gasteiger partial charge on any atom is -0.393 e. The van der Waals surface area contributed by atoms with Gasteiger partial charge in [-0.15, -0.1) is 0 Å². The van der Waals surface area contributed by atoms with Crippen LogP contribution in [0.5, 0.6) is 0 Å². The highest BCUT2D eigenvalue weighted by Crippen LogP contribution is 2.30. The zero-order valence-corrected chi connectivity index (χ0v) is 10.7. The molecule has 2 unspecified atom stereocenters. The summed E-state index contributed by atoms with van der Waals surface area (Å²) in [6, 6.07) is 4.75. The van der Waals surface area contributed by atoms with Crippen LogP contribution in [0.1, 0.15) is 31.2 Å². The summed E-state index contributed by atoms with van der Waals surface area (Å²) in [5, 5.41) is 9.88. The van der Waals surface area contributed by atoms with Gasteiger partial charge >= 0.3 is 0 Å². The molecule has 1 aromatic carbocycles. The molecule has 0 radical (unpaired) electrons. The van der Waals surface area contributed by atoms with Crippen molar-refractivity contribution in [3.05, 3.63) is 34.1 Å². The van der Waals surface area contributed by atoms with Gasteiger partial charge in [-0.1, -0.05) is 28.8 Å². The summed E-state index contributed by atoms with van der Waals surface area (Å²) in [6.07, 6.45) is 4.77. The maximum absolute atomic E-state index is 13.1. The lowest BCUT2D eigenvalue weighted by Crippen LogP contribution is -2.26. The van der Waals surface area contributed by atoms with Crippen LogP contribution in [0.15, 0.2) is 22.7 Å². The van der Waals surface area contributed by atoms with Gasteiger partial charge in [0.2, 0.25) is 0 Å². The van der Waals surface area contributed by atoms with Crippen molar-refractivity contribution in [3.63, 3.8) is 0 Å². The molecule has 0 aliphatic heterocycles. The van der Waals surface area contributed by atoms with E-state index >= 15 is 0 Å². The molecule has 3 heteroatoms. The van der Waals surface area contributed by atoms with E-state index in [-0.39, 0.29) is 17.8 Å². The van der Waals surface area contributed by atoms with E-state index in [0.717, 1.165) is 35.7 Å². The zero-order valence-electron chi connectivity index (χ0n) is 9.13. The molecule has 0 bridgehead atoms. The second kappa shape index (κ2) is 5.28. The van der Waals surface area contributed by atoms with Gasteiger partial charge in [0.15, 0.2) is 0 Å². The summed E-state index contributed by atoms with van der Waals surface area (Å²) in [5.41, 5.74) is 0.964. The average molecular weight is 287 g/mol. The number of aliphatic hydroxyl groups excluding tert-OH is 1. The Labute approximate surface area is 104 Å². The third kappa shape index (κ3) is 2.83. The number of benzene rings is 1. The number of aliphatic hydroxyl groups is 1. The third-order valence-electron chi connectivity index (χ3n) is 3.36. The van der Waals surface area contributed by atoms with Gasteiger partial charge in [0, 0.05) is 4.47 Å². The van der Waals surface area contributed by atoms with Gasteiger partial charge in [0.1, 0.15) is 5.82 Å². The molecule has 2 atom stereocenters. The van der Waals surface area contributed by atoms with Gasteiger partial charge in [-0.3, -0.25) is 0 Å². The Morgan fingerprint density at radius 3 is 2.81 bits per heavy atom. The molecule has 1 aliphatic rings. The first-order valence-corrected chi connectivity index (χ1v) is 6.58. The maximum Gasteiger partial charge on any atom is 0.123 e. The van der Waals surface area contributed by atoms with Crippen LogP contribution in [0.2, 0.25) is 0 Å². The Balaban J connectivity index is 2.10. The summed E-state index contributed by atoms with van der Waals surface area (Å²) in [6.45, 7) is 0. The molecule has 0 spiro atoms. The Kier molecular flexibility index (Phi) is 3.98. The third-order valence-corrected chi connectivity index (χ3v) is 4.13. The van der Waals surface area contributed by atoms with Crippen LogP contribution in [-0.2, 0) is 6.42 Å². The SMILES string of the molecule is OC1CCCCC1Cc1cc(F)ccc1Br. The van der Waals surface area contributed by atoms with E-state index < -0.39 is 0 Å². The van der Waals surface area contributed by atoms with Crippen LogP contribution in [0.4, 0.5) is 4.39 Å². The lowest BCUT2D eigenvalue weighted by molar-refractivity contribution is 0.0699. The molecule has 1 saturated carbocycles. The predicted molar refractivity (Wildman–Crippen MR) is 65.8 cm³/mol. The largest absolute Gasteiger partial charge is 0.393 e. The fraction of sp³-hybridized carbons (Fsp3) is 0.538. The predicted octanol–water partition coefficient (Wildman–Crippen LogP) is 3.68. The van der Waals surface area contributed by atoms with Crippen LogP contribution in [0, 0.1) is 11.7 Å². The highest BCUT2D eigenvalue weighted by molar-refractivity contribution is 9.10. The van der Waals surface area contributed by atoms with Gasteiger partial charge in [-0.2, -0.15) is 0 Å². The lowest BCUT2D eigenvalue weighted by Gasteiger charge is -2.27. The van der Waals surface area contributed by atoms with Crippen molar-refractivity contribution in [2.45, 2.75) is 38.2 Å². The molecule has 1 fully saturated rings. The van der Waals surface area contributed by atoms with E-state index in [1.807, 2.05) is 0 Å². The number of rotatable bonds is 2. The number of hydrogen-bond donors (Lipinski definition) is 1. The Bertz CT molecular complexity index is 367. The summed E-state index contributed by atoms with van der Waals surface area (Å²) in [5.74, 6) is 0.0790. The molecule has 0 aromatic heterocycles. The monoisotopic (exact) mass is 286 g/mol. The van der Waals surface area contributed by atoms with Crippen LogP contribution in [0.3, 0.4) is 0 Å². The molecule has 0 amide bonds. The summed E-state index contributed by atoms with van der Waals surface area (Å²) >= 11 is 3.43. The molecule has 0 heterocycles. The van der Waals surface area contributed by atoms with Crippen molar-refractivity contribution >= 4 is 15.9 Å². The van der Waals surface area contributed by atoms with Gasteiger partial charge in [-0.05, 0) is 48.9 Å². The topological polar surface area (TPSA) is 20.2 Å². The summed E-state index contributed by atoms with van der Waals surface area (Å²) < 4.78 is 14.1. The molecule has 0 saturated heterocycles. The van der Waals surface area contributed by atoms with Crippen molar-refractivity contribution < 1.29 is 9.50 Å². The molecule has 1 N–H and O–H groups in total. The van der Waals surface area contributed by atoms with Crippen molar-refractivity contribution in [2.24, 2.45) is 5.92 Å². The highest BCUT2D eigenvalue weighted by Gasteiger charge is 2.23. The van der Waals surface area contributed by atoms with E-state index in [1.165, 1.54) is 12.5 Å². The van der Waals surface area contributed by atoms with Gasteiger partial charge in [0.25, 0.3) is 0 Å². The smallest absolute Gasteiger partial charge is 0.123 e. The molecule has 2 rings (SSSR count). The average Bonchev–Trinajstić information content (AvgIpc) is 2.27. The molecular weight excluding hydrogens is 271 g/mol. The molecule has 1 nitrogen and oxygen atoms in total. The molecule has 1 aliphatic carbocycles. The second-order valence-electron chi connectivity index (χ2n) is 4.55. The van der Waals surface area contributed by atoms with Crippen molar-refractivity contribution in [2.75, 3.05) is 0 Å². The summed E-state index contributed by atoms with van der Waals surface area (Å²) in [7, 11) is 0. The fourth-order valence-electron chi connectivity index (χ4n) is 2.41. The number of hydrogen-bond acceptors (Lipinski definition) is 1. The van der Waals surface area contributed by atoms with Crippen LogP contribution in [0.25, 0.3) is 0 Å². The Morgan fingerprint density at radius 1 is 1.31 bits per heavy atom. The van der Waals surface area contributed by atoms with Crippen LogP contribution >= 0.6 is 15.9 Å². The Hall–Kier alpha value is -0.410. The molecule has 16 heavy (non-hydrogen) atoms. The van der Waals surface area contributed by atoms with Crippen LogP contribution in [-0.4, -0.2) is 11.2 Å². The normalized spacial score (nSPS) is 25.7. The molecule has 1 aromatic rings. The first kappa shape index (κ1) is 12.1. The van der Waals surface area contributed by atoms with E-state index in [0.29, 0.717) is 0 Å². The van der Waals surface area contributed by atoms with E-state index in [9.17, 15) is 9.50 Å². The summed E-state index contributed by atoms with van der Waals surface area (Å²) in [4.78, 5) is 0. The quantitative estimate of drug-likeness (QED) is 0.879. The lowest BCUT2D eigenvalue weighted by atomic mass is 9.82. The van der Waals surface area contributed by atoms with E-state index in [2.05, 4.69) is 15.9 Å². The molecule has 88 valence electrons. The minimum absolute atomic E-state index is 0.205. The standard InChI is InChI=1S/C13H16BrFO/c14-12-6-5-11(15)8-10(12)7-9-3-1-2-4-13(9)16/h5-6,8-9,13,16H,1-4,7H2. The first-order valence-electron chi connectivity index (χ1n) is 5.79. The molecular formula is C13H16BrFO. The Morgan fingerprint density at radius 2 is 2.06 bits per heavy atom. The van der Waals surface area contributed by atoms with Gasteiger partial charge in [-0.25, -0.2) is 4.39 Å².